The summed E-state index contributed by atoms with van der Waals surface area (Å²) in [6, 6.07) is 9.21. The molecule has 0 fully saturated rings. The van der Waals surface area contributed by atoms with Crippen LogP contribution in [0.3, 0.4) is 0 Å². The summed E-state index contributed by atoms with van der Waals surface area (Å²) in [5, 5.41) is 8.71. The molecule has 1 aromatic rings. The molecule has 0 aliphatic rings. The van der Waals surface area contributed by atoms with Gasteiger partial charge in [0.1, 0.15) is 6.04 Å². The van der Waals surface area contributed by atoms with Crippen molar-refractivity contribution in [2.45, 2.75) is 24.6 Å². The molecular weight excluding hydrogens is 258 g/mol. The molecular formula is C12H18ClNO2S. The summed E-state index contributed by atoms with van der Waals surface area (Å²) in [6.07, 6.45) is 0. The number of carboxylic acid groups (broad SMARTS) is 1. The van der Waals surface area contributed by atoms with Gasteiger partial charge in [0.05, 0.1) is 0 Å². The van der Waals surface area contributed by atoms with Gasteiger partial charge in [-0.2, -0.15) is 0 Å². The zero-order valence-electron chi connectivity index (χ0n) is 9.92. The fraction of sp³-hybridized carbons (Fsp3) is 0.417. The topological polar surface area (TPSA) is 63.3 Å². The molecule has 17 heavy (non-hydrogen) atoms. The van der Waals surface area contributed by atoms with Gasteiger partial charge in [-0.15, -0.1) is 24.2 Å². The normalized spacial score (nSPS) is 12.6. The lowest BCUT2D eigenvalue weighted by Gasteiger charge is -2.25. The van der Waals surface area contributed by atoms with Crippen molar-refractivity contribution in [3.05, 3.63) is 35.9 Å². The average molecular weight is 276 g/mol. The Balaban J connectivity index is 0.00000256. The quantitative estimate of drug-likeness (QED) is 0.867. The summed E-state index contributed by atoms with van der Waals surface area (Å²) < 4.78 is -0.117. The van der Waals surface area contributed by atoms with Gasteiger partial charge in [-0.05, 0) is 19.4 Å². The number of halogens is 1. The molecule has 1 unspecified atom stereocenters. The Morgan fingerprint density at radius 3 is 2.41 bits per heavy atom. The van der Waals surface area contributed by atoms with Crippen LogP contribution in [0.4, 0.5) is 0 Å². The van der Waals surface area contributed by atoms with Gasteiger partial charge in [-0.1, -0.05) is 30.3 Å². The van der Waals surface area contributed by atoms with Crippen LogP contribution in [0.25, 0.3) is 0 Å². The average Bonchev–Trinajstić information content (AvgIpc) is 2.27. The summed E-state index contributed by atoms with van der Waals surface area (Å²) in [6.45, 7) is 4.14. The molecule has 0 saturated carbocycles. The summed E-state index contributed by atoms with van der Waals surface area (Å²) in [5.74, 6) is -0.534. The Labute approximate surface area is 112 Å². The number of carboxylic acids is 1. The summed E-state index contributed by atoms with van der Waals surface area (Å²) in [5.41, 5.74) is 6.66. The maximum Gasteiger partial charge on any atom is 0.321 e. The molecule has 0 bridgehead atoms. The molecule has 96 valence electrons. The van der Waals surface area contributed by atoms with Gasteiger partial charge in [-0.3, -0.25) is 4.79 Å². The molecule has 5 heteroatoms. The smallest absolute Gasteiger partial charge is 0.321 e. The van der Waals surface area contributed by atoms with Crippen molar-refractivity contribution >= 4 is 30.1 Å². The maximum absolute atomic E-state index is 10.6. The van der Waals surface area contributed by atoms with Crippen LogP contribution in [-0.4, -0.2) is 22.9 Å². The van der Waals surface area contributed by atoms with Crippen LogP contribution in [-0.2, 0) is 9.54 Å². The van der Waals surface area contributed by atoms with Crippen LogP contribution < -0.4 is 5.73 Å². The second kappa shape index (κ2) is 6.89. The Morgan fingerprint density at radius 1 is 1.41 bits per heavy atom. The first-order valence-corrected chi connectivity index (χ1v) is 6.10. The number of thioether (sulfide) groups is 1. The van der Waals surface area contributed by atoms with Crippen LogP contribution in [0.15, 0.2) is 30.3 Å². The highest BCUT2D eigenvalue weighted by molar-refractivity contribution is 8.00. The molecule has 1 rings (SSSR count). The van der Waals surface area contributed by atoms with Gasteiger partial charge < -0.3 is 10.8 Å². The van der Waals surface area contributed by atoms with Gasteiger partial charge in [0.15, 0.2) is 0 Å². The van der Waals surface area contributed by atoms with E-state index in [0.29, 0.717) is 5.75 Å². The van der Waals surface area contributed by atoms with E-state index < -0.39 is 12.0 Å². The molecule has 0 aliphatic heterocycles. The predicted octanol–water partition coefficient (Wildman–Crippen LogP) is 2.49. The third kappa shape index (κ3) is 4.98. The van der Waals surface area contributed by atoms with Crippen molar-refractivity contribution in [1.29, 1.82) is 0 Å². The SMILES string of the molecule is CC(C)(SCC(N)C(=O)O)c1ccccc1.Cl. The molecule has 3 nitrogen and oxygen atoms in total. The lowest BCUT2D eigenvalue weighted by molar-refractivity contribution is -0.137. The number of carbonyl (C=O) groups is 1. The van der Waals surface area contributed by atoms with E-state index in [0.717, 1.165) is 0 Å². The molecule has 0 spiro atoms. The van der Waals surface area contributed by atoms with Crippen LogP contribution in [0.2, 0.25) is 0 Å². The van der Waals surface area contributed by atoms with Crippen LogP contribution >= 0.6 is 24.2 Å². The minimum atomic E-state index is -0.948. The van der Waals surface area contributed by atoms with E-state index in [1.54, 1.807) is 11.8 Å². The molecule has 1 atom stereocenters. The number of rotatable bonds is 5. The largest absolute Gasteiger partial charge is 0.480 e. The second-order valence-corrected chi connectivity index (χ2v) is 5.77. The lowest BCUT2D eigenvalue weighted by Crippen LogP contribution is -2.34. The van der Waals surface area contributed by atoms with Crippen molar-refractivity contribution < 1.29 is 9.90 Å². The van der Waals surface area contributed by atoms with Crippen LogP contribution in [0, 0.1) is 0 Å². The molecule has 0 aromatic heterocycles. The Morgan fingerprint density at radius 2 is 1.94 bits per heavy atom. The molecule has 0 saturated heterocycles. The molecule has 1 aromatic carbocycles. The van der Waals surface area contributed by atoms with Crippen molar-refractivity contribution in [3.63, 3.8) is 0 Å². The van der Waals surface area contributed by atoms with Gasteiger partial charge in [0.2, 0.25) is 0 Å². The first kappa shape index (κ1) is 16.3. The molecule has 0 amide bonds. The van der Waals surface area contributed by atoms with Crippen molar-refractivity contribution in [3.8, 4) is 0 Å². The second-order valence-electron chi connectivity index (χ2n) is 4.13. The van der Waals surface area contributed by atoms with Crippen LogP contribution in [0.5, 0.6) is 0 Å². The standard InChI is InChI=1S/C12H17NO2S.ClH/c1-12(2,9-6-4-3-5-7-9)16-8-10(13)11(14)15;/h3-7,10H,8,13H2,1-2H3,(H,14,15);1H. The Kier molecular flexibility index (Phi) is 6.60. The fourth-order valence-corrected chi connectivity index (χ4v) is 2.33. The summed E-state index contributed by atoms with van der Waals surface area (Å²) in [7, 11) is 0. The van der Waals surface area contributed by atoms with Crippen LogP contribution in [0.1, 0.15) is 19.4 Å². The minimum Gasteiger partial charge on any atom is -0.480 e. The maximum atomic E-state index is 10.6. The monoisotopic (exact) mass is 275 g/mol. The minimum absolute atomic E-state index is 0. The van der Waals surface area contributed by atoms with E-state index in [4.69, 9.17) is 10.8 Å². The van der Waals surface area contributed by atoms with E-state index in [-0.39, 0.29) is 17.2 Å². The Bertz CT molecular complexity index is 357. The van der Waals surface area contributed by atoms with Crippen molar-refractivity contribution in [2.75, 3.05) is 5.75 Å². The highest BCUT2D eigenvalue weighted by atomic mass is 35.5. The predicted molar refractivity (Wildman–Crippen MR) is 74.8 cm³/mol. The lowest BCUT2D eigenvalue weighted by atomic mass is 10.0. The number of aliphatic carboxylic acids is 1. The highest BCUT2D eigenvalue weighted by Crippen LogP contribution is 2.35. The van der Waals surface area contributed by atoms with E-state index >= 15 is 0 Å². The molecule has 0 heterocycles. The zero-order chi connectivity index (χ0) is 12.2. The van der Waals surface area contributed by atoms with Crippen molar-refractivity contribution in [1.82, 2.24) is 0 Å². The highest BCUT2D eigenvalue weighted by Gasteiger charge is 2.23. The van der Waals surface area contributed by atoms with E-state index in [1.165, 1.54) is 5.56 Å². The summed E-state index contributed by atoms with van der Waals surface area (Å²) >= 11 is 1.56. The zero-order valence-corrected chi connectivity index (χ0v) is 11.6. The fourth-order valence-electron chi connectivity index (χ4n) is 1.29. The first-order chi connectivity index (χ1) is 7.43. The first-order valence-electron chi connectivity index (χ1n) is 5.11. The number of nitrogens with two attached hydrogens (primary N) is 1. The summed E-state index contributed by atoms with van der Waals surface area (Å²) in [4.78, 5) is 10.6. The molecule has 0 aliphatic carbocycles. The van der Waals surface area contributed by atoms with Gasteiger partial charge >= 0.3 is 5.97 Å². The van der Waals surface area contributed by atoms with E-state index in [1.807, 2.05) is 30.3 Å². The van der Waals surface area contributed by atoms with Gasteiger partial charge in [0, 0.05) is 10.5 Å². The number of hydrogen-bond acceptors (Lipinski definition) is 3. The Hall–Kier alpha value is -0.710. The number of hydrogen-bond donors (Lipinski definition) is 2. The number of benzene rings is 1. The third-order valence-corrected chi connectivity index (χ3v) is 3.89. The van der Waals surface area contributed by atoms with Gasteiger partial charge in [0.25, 0.3) is 0 Å². The van der Waals surface area contributed by atoms with E-state index in [2.05, 4.69) is 13.8 Å². The third-order valence-electron chi connectivity index (χ3n) is 2.41. The van der Waals surface area contributed by atoms with Crippen molar-refractivity contribution in [2.24, 2.45) is 5.73 Å². The van der Waals surface area contributed by atoms with E-state index in [9.17, 15) is 4.79 Å². The molecule has 3 N–H and O–H groups in total. The molecule has 0 radical (unpaired) electrons. The van der Waals surface area contributed by atoms with Gasteiger partial charge in [-0.25, -0.2) is 0 Å².